The van der Waals surface area contributed by atoms with Crippen molar-refractivity contribution in [2.24, 2.45) is 10.2 Å². The maximum absolute atomic E-state index is 11.2. The quantitative estimate of drug-likeness (QED) is 0.305. The first-order chi connectivity index (χ1) is 12.3. The van der Waals surface area contributed by atoms with Crippen LogP contribution in [-0.4, -0.2) is 23.0 Å². The van der Waals surface area contributed by atoms with Gasteiger partial charge in [0.25, 0.3) is 15.8 Å². The predicted molar refractivity (Wildman–Crippen MR) is 92.7 cm³/mol. The van der Waals surface area contributed by atoms with Crippen LogP contribution < -0.4 is 0 Å². The van der Waals surface area contributed by atoms with Crippen LogP contribution in [0.15, 0.2) is 69.7 Å². The number of phenols is 1. The zero-order valence-electron chi connectivity index (χ0n) is 13.0. The number of para-hydroxylation sites is 1. The minimum Gasteiger partial charge on any atom is -0.506 e. The predicted octanol–water partition coefficient (Wildman–Crippen LogP) is 4.12. The summed E-state index contributed by atoms with van der Waals surface area (Å²) in [5.41, 5.74) is -0.226. The molecule has 0 saturated carbocycles. The highest BCUT2D eigenvalue weighted by Gasteiger charge is 2.15. The highest BCUT2D eigenvalue weighted by Crippen LogP contribution is 2.38. The number of fused-ring (bicyclic) bond motifs is 1. The van der Waals surface area contributed by atoms with Gasteiger partial charge in [-0.2, -0.15) is 8.42 Å². The molecule has 0 fully saturated rings. The minimum absolute atomic E-state index is 0.00320. The largest absolute Gasteiger partial charge is 0.506 e. The van der Waals surface area contributed by atoms with E-state index in [2.05, 4.69) is 10.2 Å². The molecule has 0 spiro atoms. The van der Waals surface area contributed by atoms with Crippen molar-refractivity contribution in [1.29, 1.82) is 0 Å². The Morgan fingerprint density at radius 1 is 1.00 bits per heavy atom. The maximum Gasteiger partial charge on any atom is 0.296 e. The molecule has 2 N–H and O–H groups in total. The number of phenolic OH excluding ortho intramolecular Hbond substituents is 1. The van der Waals surface area contributed by atoms with Gasteiger partial charge in [-0.05, 0) is 29.7 Å². The molecule has 0 heterocycles. The zero-order valence-corrected chi connectivity index (χ0v) is 13.8. The molecule has 0 atom stereocenters. The lowest BCUT2D eigenvalue weighted by atomic mass is 10.1. The Morgan fingerprint density at radius 3 is 2.42 bits per heavy atom. The summed E-state index contributed by atoms with van der Waals surface area (Å²) in [6.07, 6.45) is 0. The van der Waals surface area contributed by atoms with Crippen LogP contribution in [0.4, 0.5) is 17.1 Å². The van der Waals surface area contributed by atoms with Gasteiger partial charge < -0.3 is 5.11 Å². The number of nitro groups is 1. The average molecular weight is 373 g/mol. The van der Waals surface area contributed by atoms with Crippen LogP contribution in [0.5, 0.6) is 5.75 Å². The number of hydrogen-bond acceptors (Lipinski definition) is 7. The van der Waals surface area contributed by atoms with Crippen LogP contribution in [0.3, 0.4) is 0 Å². The SMILES string of the molecule is O=[N+]([O-])c1ccccc1N=Nc1c(O)ccc2cc(S(=O)(=O)O)ccc12. The van der Waals surface area contributed by atoms with Crippen molar-refractivity contribution in [1.82, 2.24) is 0 Å². The molecule has 0 unspecified atom stereocenters. The van der Waals surface area contributed by atoms with E-state index in [1.54, 1.807) is 6.07 Å². The Kier molecular flexibility index (Phi) is 4.36. The number of benzene rings is 3. The van der Waals surface area contributed by atoms with Crippen LogP contribution in [0, 0.1) is 10.1 Å². The molecule has 26 heavy (non-hydrogen) atoms. The molecule has 0 aliphatic carbocycles. The Balaban J connectivity index is 2.14. The van der Waals surface area contributed by atoms with E-state index in [9.17, 15) is 23.6 Å². The maximum atomic E-state index is 11.2. The molecule has 0 aromatic heterocycles. The van der Waals surface area contributed by atoms with Crippen molar-refractivity contribution < 1.29 is 23.0 Å². The first kappa shape index (κ1) is 17.5. The smallest absolute Gasteiger partial charge is 0.296 e. The fourth-order valence-electron chi connectivity index (χ4n) is 2.35. The summed E-state index contributed by atoms with van der Waals surface area (Å²) in [5.74, 6) is -0.237. The van der Waals surface area contributed by atoms with Crippen molar-refractivity contribution in [2.75, 3.05) is 0 Å². The number of rotatable bonds is 4. The van der Waals surface area contributed by atoms with Crippen LogP contribution in [0.25, 0.3) is 10.8 Å². The topological polar surface area (TPSA) is 142 Å². The number of aromatic hydroxyl groups is 1. The molecule has 0 bridgehead atoms. The van der Waals surface area contributed by atoms with Crippen molar-refractivity contribution in [2.45, 2.75) is 4.90 Å². The fraction of sp³-hybridized carbons (Fsp3) is 0. The Labute approximate surface area is 147 Å². The zero-order chi connectivity index (χ0) is 18.9. The summed E-state index contributed by atoms with van der Waals surface area (Å²) in [4.78, 5) is 10.1. The van der Waals surface area contributed by atoms with Gasteiger partial charge in [0, 0.05) is 11.5 Å². The highest BCUT2D eigenvalue weighted by molar-refractivity contribution is 7.85. The number of nitro benzene ring substituents is 1. The van der Waals surface area contributed by atoms with Crippen LogP contribution in [0.2, 0.25) is 0 Å². The lowest BCUT2D eigenvalue weighted by molar-refractivity contribution is -0.384. The minimum atomic E-state index is -4.38. The molecule has 0 saturated heterocycles. The summed E-state index contributed by atoms with van der Waals surface area (Å²) >= 11 is 0. The summed E-state index contributed by atoms with van der Waals surface area (Å²) in [6.45, 7) is 0. The molecule has 3 aromatic rings. The second-order valence-corrected chi connectivity index (χ2v) is 6.66. The molecule has 0 radical (unpaired) electrons. The molecule has 0 aliphatic rings. The third-order valence-corrected chi connectivity index (χ3v) is 4.43. The molecule has 3 rings (SSSR count). The fourth-order valence-corrected chi connectivity index (χ4v) is 2.87. The summed E-state index contributed by atoms with van der Waals surface area (Å²) < 4.78 is 31.6. The molecule has 0 amide bonds. The van der Waals surface area contributed by atoms with E-state index in [1.165, 1.54) is 42.5 Å². The van der Waals surface area contributed by atoms with Gasteiger partial charge in [0.15, 0.2) is 5.69 Å². The number of hydrogen-bond donors (Lipinski definition) is 2. The van der Waals surface area contributed by atoms with Crippen LogP contribution in [-0.2, 0) is 10.1 Å². The van der Waals surface area contributed by atoms with Crippen LogP contribution >= 0.6 is 0 Å². The van der Waals surface area contributed by atoms with E-state index < -0.39 is 15.0 Å². The van der Waals surface area contributed by atoms with Gasteiger partial charge in [0.05, 0.1) is 9.82 Å². The standard InChI is InChI=1S/C16H11N3O6S/c20-15-8-5-10-9-11(26(23,24)25)6-7-12(10)16(15)18-17-13-3-1-2-4-14(13)19(21)22/h1-9,20H,(H,23,24,25). The summed E-state index contributed by atoms with van der Waals surface area (Å²) in [5, 5.41) is 29.5. The van der Waals surface area contributed by atoms with Gasteiger partial charge in [-0.25, -0.2) is 0 Å². The Hall–Kier alpha value is -3.37. The molecule has 132 valence electrons. The summed E-state index contributed by atoms with van der Waals surface area (Å²) in [7, 11) is -4.38. The van der Waals surface area contributed by atoms with E-state index >= 15 is 0 Å². The van der Waals surface area contributed by atoms with E-state index in [4.69, 9.17) is 4.55 Å². The molecule has 9 nitrogen and oxygen atoms in total. The van der Waals surface area contributed by atoms with Gasteiger partial charge >= 0.3 is 0 Å². The second-order valence-electron chi connectivity index (χ2n) is 5.24. The van der Waals surface area contributed by atoms with E-state index in [-0.39, 0.29) is 27.7 Å². The third-order valence-electron chi connectivity index (χ3n) is 3.58. The van der Waals surface area contributed by atoms with Crippen molar-refractivity contribution >= 4 is 38.0 Å². The van der Waals surface area contributed by atoms with Gasteiger partial charge in [0.2, 0.25) is 0 Å². The lowest BCUT2D eigenvalue weighted by Crippen LogP contribution is -1.97. The number of nitrogens with zero attached hydrogens (tertiary/aromatic N) is 3. The Morgan fingerprint density at radius 2 is 1.73 bits per heavy atom. The molecule has 0 aliphatic heterocycles. The first-order valence-corrected chi connectivity index (χ1v) is 8.60. The van der Waals surface area contributed by atoms with Crippen molar-refractivity contribution in [3.05, 3.63) is 64.7 Å². The normalized spacial score (nSPS) is 11.9. The van der Waals surface area contributed by atoms with Gasteiger partial charge in [-0.15, -0.1) is 10.2 Å². The molecular weight excluding hydrogens is 362 g/mol. The van der Waals surface area contributed by atoms with E-state index in [1.807, 2.05) is 0 Å². The molecule has 3 aromatic carbocycles. The van der Waals surface area contributed by atoms with Crippen molar-refractivity contribution in [3.8, 4) is 5.75 Å². The number of azo groups is 1. The van der Waals surface area contributed by atoms with Gasteiger partial charge in [0.1, 0.15) is 11.4 Å². The molecule has 10 heteroatoms. The van der Waals surface area contributed by atoms with Gasteiger partial charge in [-0.1, -0.05) is 24.3 Å². The van der Waals surface area contributed by atoms with E-state index in [0.717, 1.165) is 6.07 Å². The monoisotopic (exact) mass is 373 g/mol. The van der Waals surface area contributed by atoms with Crippen LogP contribution in [0.1, 0.15) is 0 Å². The van der Waals surface area contributed by atoms with Gasteiger partial charge in [-0.3, -0.25) is 14.7 Å². The Bertz CT molecular complexity index is 1160. The molecular formula is C16H11N3O6S. The lowest BCUT2D eigenvalue weighted by Gasteiger charge is -2.05. The second kappa shape index (κ2) is 6.50. The highest BCUT2D eigenvalue weighted by atomic mass is 32.2. The van der Waals surface area contributed by atoms with Crippen molar-refractivity contribution in [3.63, 3.8) is 0 Å². The average Bonchev–Trinajstić information content (AvgIpc) is 2.60. The first-order valence-electron chi connectivity index (χ1n) is 7.16. The van der Waals surface area contributed by atoms with E-state index in [0.29, 0.717) is 10.8 Å². The summed E-state index contributed by atoms with van der Waals surface area (Å²) in [6, 6.07) is 12.2. The third kappa shape index (κ3) is 3.36.